The Morgan fingerprint density at radius 3 is 3.03 bits per heavy atom. The summed E-state index contributed by atoms with van der Waals surface area (Å²) in [7, 11) is 0. The maximum atomic E-state index is 13.1. The fourth-order valence-electron chi connectivity index (χ4n) is 4.40. The van der Waals surface area contributed by atoms with Gasteiger partial charge in [-0.15, -0.1) is 4.48 Å². The first-order valence-electron chi connectivity index (χ1n) is 11.2. The summed E-state index contributed by atoms with van der Waals surface area (Å²) >= 11 is 1.60. The lowest BCUT2D eigenvalue weighted by Gasteiger charge is -2.19. The second kappa shape index (κ2) is 10.4. The van der Waals surface area contributed by atoms with Gasteiger partial charge in [0.05, 0.1) is 22.5 Å². The lowest BCUT2D eigenvalue weighted by atomic mass is 10.0. The lowest BCUT2D eigenvalue weighted by molar-refractivity contribution is -0.117. The zero-order valence-electron chi connectivity index (χ0n) is 18.4. The fraction of sp³-hybridized carbons (Fsp3) is 0.417. The number of nitrogens with one attached hydrogen (secondary N) is 2. The van der Waals surface area contributed by atoms with Crippen LogP contribution in [-0.2, 0) is 24.2 Å². The molecule has 170 valence electrons. The predicted octanol–water partition coefficient (Wildman–Crippen LogP) is 4.34. The van der Waals surface area contributed by atoms with Gasteiger partial charge in [-0.05, 0) is 72.3 Å². The number of aromatic nitrogens is 2. The van der Waals surface area contributed by atoms with Crippen LogP contribution in [0.1, 0.15) is 49.4 Å². The summed E-state index contributed by atoms with van der Waals surface area (Å²) in [6.45, 7) is 3.39. The van der Waals surface area contributed by atoms with Crippen LogP contribution in [0.5, 0.6) is 0 Å². The van der Waals surface area contributed by atoms with Gasteiger partial charge in [0.15, 0.2) is 0 Å². The number of halogens is 1. The predicted molar refractivity (Wildman–Crippen MR) is 129 cm³/mol. The van der Waals surface area contributed by atoms with Gasteiger partial charge in [-0.2, -0.15) is 5.10 Å². The van der Waals surface area contributed by atoms with Crippen molar-refractivity contribution in [2.24, 2.45) is 5.73 Å². The van der Waals surface area contributed by atoms with Crippen molar-refractivity contribution in [1.82, 2.24) is 15.1 Å². The SMILES string of the molecule is CCc1cnn2c1C1=C(CCC2)SC(C(=O)NC(CN)Cc2cccc(NF)c2)=CCC1. The van der Waals surface area contributed by atoms with E-state index in [0.29, 0.717) is 18.7 Å². The standard InChI is InChI=1S/C24H30FN5OS/c1-2-17-15-27-30-11-5-10-21-20(23(17)30)8-4-9-22(32-21)24(31)28-19(14-26)13-16-6-3-7-18(12-16)29-25/h3,6-7,9,12,15,19,29H,2,4-5,8,10-11,13-14,26H2,1H3,(H,28,31). The number of fused-ring (bicyclic) bond motifs is 2. The molecule has 2 aliphatic rings. The molecule has 1 unspecified atom stereocenters. The average molecular weight is 456 g/mol. The molecule has 2 aliphatic heterocycles. The van der Waals surface area contributed by atoms with Gasteiger partial charge in [-0.25, -0.2) is 5.54 Å². The van der Waals surface area contributed by atoms with E-state index in [1.165, 1.54) is 21.7 Å². The van der Waals surface area contributed by atoms with Crippen molar-refractivity contribution in [3.8, 4) is 0 Å². The van der Waals surface area contributed by atoms with Gasteiger partial charge in [0.1, 0.15) is 0 Å². The largest absolute Gasteiger partial charge is 0.347 e. The summed E-state index contributed by atoms with van der Waals surface area (Å²) in [6, 6.07) is 6.85. The molecule has 1 atom stereocenters. The summed E-state index contributed by atoms with van der Waals surface area (Å²) in [5.41, 5.74) is 12.8. The number of hydrogen-bond acceptors (Lipinski definition) is 5. The number of amides is 1. The third kappa shape index (κ3) is 4.91. The van der Waals surface area contributed by atoms with Crippen LogP contribution in [0, 0.1) is 0 Å². The number of benzene rings is 1. The van der Waals surface area contributed by atoms with Crippen molar-refractivity contribution in [1.29, 1.82) is 0 Å². The number of nitrogens with zero attached hydrogens (tertiary/aromatic N) is 2. The van der Waals surface area contributed by atoms with E-state index in [1.807, 2.05) is 18.3 Å². The van der Waals surface area contributed by atoms with Crippen LogP contribution in [0.2, 0.25) is 0 Å². The smallest absolute Gasteiger partial charge is 0.257 e. The van der Waals surface area contributed by atoms with E-state index in [0.717, 1.165) is 49.1 Å². The summed E-state index contributed by atoms with van der Waals surface area (Å²) < 4.78 is 14.9. The Kier molecular flexibility index (Phi) is 7.32. The van der Waals surface area contributed by atoms with Crippen LogP contribution in [0.25, 0.3) is 5.57 Å². The monoisotopic (exact) mass is 455 g/mol. The van der Waals surface area contributed by atoms with Crippen LogP contribution in [0.3, 0.4) is 0 Å². The van der Waals surface area contributed by atoms with Crippen LogP contribution in [0.4, 0.5) is 10.2 Å². The normalized spacial score (nSPS) is 16.9. The Hall–Kier alpha value is -2.58. The van der Waals surface area contributed by atoms with E-state index < -0.39 is 0 Å². The first kappa shape index (κ1) is 22.6. The van der Waals surface area contributed by atoms with Gasteiger partial charge in [0, 0.05) is 19.1 Å². The Balaban J connectivity index is 1.49. The van der Waals surface area contributed by atoms with Crippen molar-refractivity contribution in [3.05, 3.63) is 63.2 Å². The third-order valence-corrected chi connectivity index (χ3v) is 7.28. The van der Waals surface area contributed by atoms with Gasteiger partial charge in [0.25, 0.3) is 5.91 Å². The summed E-state index contributed by atoms with van der Waals surface area (Å²) in [5.74, 6) is -0.0903. The highest BCUT2D eigenvalue weighted by Gasteiger charge is 2.26. The molecule has 1 aromatic carbocycles. The minimum absolute atomic E-state index is 0.0903. The number of carbonyl (C=O) groups excluding carboxylic acids is 1. The van der Waals surface area contributed by atoms with E-state index in [-0.39, 0.29) is 11.9 Å². The highest BCUT2D eigenvalue weighted by Crippen LogP contribution is 2.43. The topological polar surface area (TPSA) is 85.0 Å². The molecular weight excluding hydrogens is 425 g/mol. The maximum absolute atomic E-state index is 13.1. The van der Waals surface area contributed by atoms with Crippen molar-refractivity contribution < 1.29 is 9.28 Å². The molecule has 0 fully saturated rings. The molecule has 0 bridgehead atoms. The van der Waals surface area contributed by atoms with Crippen LogP contribution >= 0.6 is 11.8 Å². The Bertz CT molecular complexity index is 1040. The average Bonchev–Trinajstić information content (AvgIpc) is 2.98. The van der Waals surface area contributed by atoms with E-state index in [1.54, 1.807) is 35.5 Å². The maximum Gasteiger partial charge on any atom is 0.257 e. The molecule has 2 aromatic rings. The van der Waals surface area contributed by atoms with Gasteiger partial charge in [-0.1, -0.05) is 36.9 Å². The molecule has 8 heteroatoms. The number of anilines is 1. The molecule has 0 spiro atoms. The van der Waals surface area contributed by atoms with E-state index in [9.17, 15) is 9.28 Å². The highest BCUT2D eigenvalue weighted by atomic mass is 32.2. The molecule has 0 radical (unpaired) electrons. The third-order valence-electron chi connectivity index (χ3n) is 6.01. The molecule has 4 rings (SSSR count). The number of aryl methyl sites for hydroxylation is 2. The van der Waals surface area contributed by atoms with Crippen molar-refractivity contribution >= 4 is 28.9 Å². The fourth-order valence-corrected chi connectivity index (χ4v) is 5.58. The first-order chi connectivity index (χ1) is 15.6. The number of carbonyl (C=O) groups is 1. The number of allylic oxidation sites excluding steroid dienone is 3. The van der Waals surface area contributed by atoms with Gasteiger partial charge >= 0.3 is 0 Å². The molecule has 3 heterocycles. The second-order valence-corrected chi connectivity index (χ2v) is 9.35. The molecule has 0 saturated heterocycles. The Labute approximate surface area is 192 Å². The Morgan fingerprint density at radius 2 is 2.25 bits per heavy atom. The molecular formula is C24H30FN5OS. The number of thioether (sulfide) groups is 1. The molecule has 0 aliphatic carbocycles. The number of hydrogen-bond donors (Lipinski definition) is 3. The lowest BCUT2D eigenvalue weighted by Crippen LogP contribution is -2.42. The molecule has 4 N–H and O–H groups in total. The highest BCUT2D eigenvalue weighted by molar-refractivity contribution is 8.07. The van der Waals surface area contributed by atoms with E-state index in [4.69, 9.17) is 5.73 Å². The van der Waals surface area contributed by atoms with Crippen molar-refractivity contribution in [2.45, 2.75) is 58.0 Å². The van der Waals surface area contributed by atoms with E-state index >= 15 is 0 Å². The molecule has 32 heavy (non-hydrogen) atoms. The first-order valence-corrected chi connectivity index (χ1v) is 12.1. The summed E-state index contributed by atoms with van der Waals surface area (Å²) in [6.07, 6.45) is 9.24. The van der Waals surface area contributed by atoms with Crippen molar-refractivity contribution in [3.63, 3.8) is 0 Å². The van der Waals surface area contributed by atoms with Gasteiger partial charge in [0.2, 0.25) is 0 Å². The van der Waals surface area contributed by atoms with Crippen LogP contribution < -0.4 is 16.6 Å². The quantitative estimate of drug-likeness (QED) is 0.541. The zero-order valence-corrected chi connectivity index (χ0v) is 19.2. The molecule has 6 nitrogen and oxygen atoms in total. The number of nitrogens with two attached hydrogens (primary N) is 1. The van der Waals surface area contributed by atoms with Crippen molar-refractivity contribution in [2.75, 3.05) is 12.1 Å². The Morgan fingerprint density at radius 1 is 1.38 bits per heavy atom. The van der Waals surface area contributed by atoms with Crippen LogP contribution in [0.15, 0.2) is 46.3 Å². The summed E-state index contributed by atoms with van der Waals surface area (Å²) in [4.78, 5) is 15.2. The number of rotatable bonds is 7. The van der Waals surface area contributed by atoms with Gasteiger partial charge in [-0.3, -0.25) is 9.48 Å². The molecule has 0 saturated carbocycles. The second-order valence-electron chi connectivity index (χ2n) is 8.21. The minimum atomic E-state index is -0.224. The minimum Gasteiger partial charge on any atom is -0.347 e. The van der Waals surface area contributed by atoms with E-state index in [2.05, 4.69) is 22.0 Å². The van der Waals surface area contributed by atoms with Gasteiger partial charge < -0.3 is 11.1 Å². The molecule has 1 amide bonds. The molecule has 1 aromatic heterocycles. The zero-order chi connectivity index (χ0) is 22.5. The van der Waals surface area contributed by atoms with Crippen LogP contribution in [-0.4, -0.2) is 28.3 Å². The summed E-state index contributed by atoms with van der Waals surface area (Å²) in [5, 5.41) is 7.69.